The Morgan fingerprint density at radius 3 is 1.98 bits per heavy atom. The van der Waals surface area contributed by atoms with E-state index >= 15 is 0 Å². The summed E-state index contributed by atoms with van der Waals surface area (Å²) in [6.45, 7) is 5.71. The Morgan fingerprint density at radius 1 is 0.825 bits per heavy atom. The van der Waals surface area contributed by atoms with Gasteiger partial charge in [-0.15, -0.1) is 0 Å². The molecular formula is C32H36N2O6. The van der Waals surface area contributed by atoms with Gasteiger partial charge in [-0.3, -0.25) is 4.79 Å². The molecule has 40 heavy (non-hydrogen) atoms. The van der Waals surface area contributed by atoms with Crippen LogP contribution < -0.4 is 10.6 Å². The van der Waals surface area contributed by atoms with Gasteiger partial charge in [0, 0.05) is 5.92 Å². The molecule has 0 saturated heterocycles. The molecule has 0 radical (unpaired) electrons. The summed E-state index contributed by atoms with van der Waals surface area (Å²) < 4.78 is 11.6. The zero-order valence-electron chi connectivity index (χ0n) is 23.0. The molecule has 210 valence electrons. The predicted octanol–water partition coefficient (Wildman–Crippen LogP) is 5.11. The topological polar surface area (TPSA) is 114 Å². The number of hydrogen-bond donors (Lipinski definition) is 3. The molecule has 0 aliphatic heterocycles. The minimum absolute atomic E-state index is 0.0432. The Morgan fingerprint density at radius 2 is 1.40 bits per heavy atom. The smallest absolute Gasteiger partial charge is 0.407 e. The first-order valence-electron chi connectivity index (χ1n) is 13.5. The van der Waals surface area contributed by atoms with E-state index in [-0.39, 0.29) is 31.5 Å². The van der Waals surface area contributed by atoms with Crippen LogP contribution in [0.3, 0.4) is 0 Å². The van der Waals surface area contributed by atoms with E-state index in [1.54, 1.807) is 6.92 Å². The molecule has 3 atom stereocenters. The maximum Gasteiger partial charge on any atom is 0.407 e. The Hall–Kier alpha value is -4.17. The number of ether oxygens (including phenoxy) is 2. The summed E-state index contributed by atoms with van der Waals surface area (Å²) in [6.07, 6.45) is -1.31. The van der Waals surface area contributed by atoms with E-state index in [9.17, 15) is 19.5 Å². The van der Waals surface area contributed by atoms with Gasteiger partial charge in [0.25, 0.3) is 0 Å². The average molecular weight is 545 g/mol. The summed E-state index contributed by atoms with van der Waals surface area (Å²) in [7, 11) is 0. The second-order valence-electron chi connectivity index (χ2n) is 10.5. The second-order valence-corrected chi connectivity index (χ2v) is 10.5. The van der Waals surface area contributed by atoms with Crippen molar-refractivity contribution in [1.82, 2.24) is 10.6 Å². The van der Waals surface area contributed by atoms with Crippen LogP contribution in [0.2, 0.25) is 0 Å². The highest BCUT2D eigenvalue weighted by molar-refractivity contribution is 5.89. The highest BCUT2D eigenvalue weighted by Gasteiger charge is 2.33. The second kappa shape index (κ2) is 13.3. The zero-order chi connectivity index (χ0) is 28.6. The van der Waals surface area contributed by atoms with Crippen molar-refractivity contribution in [2.75, 3.05) is 6.61 Å². The predicted molar refractivity (Wildman–Crippen MR) is 152 cm³/mol. The number of hydrogen-bond acceptors (Lipinski definition) is 5. The van der Waals surface area contributed by atoms with E-state index < -0.39 is 36.2 Å². The van der Waals surface area contributed by atoms with Crippen LogP contribution in [0.5, 0.6) is 0 Å². The van der Waals surface area contributed by atoms with Crippen molar-refractivity contribution >= 4 is 18.0 Å². The first-order valence-corrected chi connectivity index (χ1v) is 13.5. The molecule has 0 unspecified atom stereocenters. The molecule has 0 heterocycles. The highest BCUT2D eigenvalue weighted by atomic mass is 16.5. The van der Waals surface area contributed by atoms with E-state index in [0.29, 0.717) is 0 Å². The Bertz CT molecular complexity index is 1280. The van der Waals surface area contributed by atoms with Gasteiger partial charge < -0.3 is 25.2 Å². The van der Waals surface area contributed by atoms with Crippen molar-refractivity contribution in [2.24, 2.45) is 5.92 Å². The molecule has 4 rings (SSSR count). The summed E-state index contributed by atoms with van der Waals surface area (Å²) in [5, 5.41) is 14.8. The number of carboxylic acid groups (broad SMARTS) is 1. The number of rotatable bonds is 12. The molecule has 1 aliphatic carbocycles. The number of alkyl carbamates (subject to hydrolysis) is 1. The lowest BCUT2D eigenvalue weighted by Gasteiger charge is -2.27. The number of carbonyl (C=O) groups excluding carboxylic acids is 2. The molecule has 8 heteroatoms. The number of carboxylic acids is 1. The van der Waals surface area contributed by atoms with Gasteiger partial charge in [-0.05, 0) is 47.1 Å². The Kier molecular flexibility index (Phi) is 9.56. The molecule has 0 bridgehead atoms. The van der Waals surface area contributed by atoms with E-state index in [1.807, 2.05) is 80.6 Å². The van der Waals surface area contributed by atoms with Crippen LogP contribution in [-0.2, 0) is 25.7 Å². The molecule has 2 amide bonds. The molecule has 0 fully saturated rings. The van der Waals surface area contributed by atoms with Crippen LogP contribution in [0.4, 0.5) is 4.79 Å². The summed E-state index contributed by atoms with van der Waals surface area (Å²) in [5.74, 6) is -1.89. The molecule has 3 aromatic carbocycles. The quantitative estimate of drug-likeness (QED) is 0.292. The number of aliphatic carboxylic acids is 1. The van der Waals surface area contributed by atoms with Gasteiger partial charge in [0.2, 0.25) is 5.91 Å². The number of carbonyl (C=O) groups is 3. The van der Waals surface area contributed by atoms with Gasteiger partial charge in [-0.25, -0.2) is 9.59 Å². The molecular weight excluding hydrogens is 508 g/mol. The van der Waals surface area contributed by atoms with E-state index in [0.717, 1.165) is 27.8 Å². The molecule has 3 aromatic rings. The van der Waals surface area contributed by atoms with Gasteiger partial charge in [0.15, 0.2) is 0 Å². The lowest BCUT2D eigenvalue weighted by Crippen LogP contribution is -2.56. The molecule has 8 nitrogen and oxygen atoms in total. The number of amides is 2. The SMILES string of the molecule is CC(C)C[C@@H](NC(=O)[C@H](NC(=O)OCC1c2ccccc2-c2ccccc21)[C@H](C)OCc1ccccc1)C(=O)O. The fourth-order valence-corrected chi connectivity index (χ4v) is 5.02. The van der Waals surface area contributed by atoms with E-state index in [4.69, 9.17) is 9.47 Å². The van der Waals surface area contributed by atoms with Crippen molar-refractivity contribution in [1.29, 1.82) is 0 Å². The third-order valence-electron chi connectivity index (χ3n) is 7.05. The first kappa shape index (κ1) is 28.8. The zero-order valence-corrected chi connectivity index (χ0v) is 23.0. The Labute approximate surface area is 234 Å². The fourth-order valence-electron chi connectivity index (χ4n) is 5.02. The number of benzene rings is 3. The van der Waals surface area contributed by atoms with Crippen LogP contribution in [0.25, 0.3) is 11.1 Å². The lowest BCUT2D eigenvalue weighted by molar-refractivity contribution is -0.143. The van der Waals surface area contributed by atoms with Crippen molar-refractivity contribution in [3.8, 4) is 11.1 Å². The van der Waals surface area contributed by atoms with Gasteiger partial charge in [-0.2, -0.15) is 0 Å². The normalized spacial score (nSPS) is 14.5. The van der Waals surface area contributed by atoms with Gasteiger partial charge >= 0.3 is 12.1 Å². The number of fused-ring (bicyclic) bond motifs is 3. The van der Waals surface area contributed by atoms with Crippen LogP contribution in [0.1, 0.15) is 49.8 Å². The van der Waals surface area contributed by atoms with Gasteiger partial charge in [-0.1, -0.05) is 92.7 Å². The summed E-state index contributed by atoms with van der Waals surface area (Å²) in [4.78, 5) is 38.1. The average Bonchev–Trinajstić information content (AvgIpc) is 3.27. The minimum atomic E-state index is -1.17. The van der Waals surface area contributed by atoms with Crippen LogP contribution >= 0.6 is 0 Å². The monoisotopic (exact) mass is 544 g/mol. The maximum atomic E-state index is 13.3. The van der Waals surface area contributed by atoms with Crippen molar-refractivity contribution in [2.45, 2.75) is 57.9 Å². The fraction of sp³-hybridized carbons (Fsp3) is 0.344. The third kappa shape index (κ3) is 7.07. The highest BCUT2D eigenvalue weighted by Crippen LogP contribution is 2.44. The maximum absolute atomic E-state index is 13.3. The van der Waals surface area contributed by atoms with Gasteiger partial charge in [0.05, 0.1) is 12.7 Å². The van der Waals surface area contributed by atoms with E-state index in [2.05, 4.69) is 22.8 Å². The first-order chi connectivity index (χ1) is 19.2. The summed E-state index contributed by atoms with van der Waals surface area (Å²) in [5.41, 5.74) is 5.26. The molecule has 3 N–H and O–H groups in total. The van der Waals surface area contributed by atoms with Gasteiger partial charge in [0.1, 0.15) is 18.7 Å². The van der Waals surface area contributed by atoms with E-state index in [1.165, 1.54) is 0 Å². The minimum Gasteiger partial charge on any atom is -0.480 e. The number of nitrogens with one attached hydrogen (secondary N) is 2. The van der Waals surface area contributed by atoms with Crippen molar-refractivity contribution < 1.29 is 29.0 Å². The van der Waals surface area contributed by atoms with Crippen molar-refractivity contribution in [3.63, 3.8) is 0 Å². The van der Waals surface area contributed by atoms with Crippen LogP contribution in [0, 0.1) is 5.92 Å². The molecule has 0 saturated carbocycles. The standard InChI is InChI=1S/C32H36N2O6/c1-20(2)17-28(31(36)37)33-30(35)29(21(3)39-18-22-11-5-4-6-12-22)34-32(38)40-19-27-25-15-9-7-13-23(25)24-14-8-10-16-26(24)27/h4-16,20-21,27-29H,17-19H2,1-3H3,(H,33,35)(H,34,38)(H,36,37)/t21-,28+,29+/m0/s1. The van der Waals surface area contributed by atoms with Crippen molar-refractivity contribution in [3.05, 3.63) is 95.6 Å². The lowest BCUT2D eigenvalue weighted by atomic mass is 9.98. The third-order valence-corrected chi connectivity index (χ3v) is 7.05. The van der Waals surface area contributed by atoms with Crippen LogP contribution in [-0.4, -0.2) is 47.9 Å². The molecule has 0 spiro atoms. The molecule has 1 aliphatic rings. The summed E-state index contributed by atoms with van der Waals surface area (Å²) in [6, 6.07) is 23.2. The van der Waals surface area contributed by atoms with Crippen LogP contribution in [0.15, 0.2) is 78.9 Å². The summed E-state index contributed by atoms with van der Waals surface area (Å²) >= 11 is 0. The Balaban J connectivity index is 1.46. The molecule has 0 aromatic heterocycles. The largest absolute Gasteiger partial charge is 0.480 e.